The SMILES string of the molecule is CC(C)C(Nc1ccc([N+](=O)[O-])cc1Cl)c1ccccc1. The van der Waals surface area contributed by atoms with Crippen LogP contribution in [0.3, 0.4) is 0 Å². The molecule has 0 saturated carbocycles. The number of halogens is 1. The molecular formula is C16H17ClN2O2. The van der Waals surface area contributed by atoms with E-state index in [4.69, 9.17) is 11.6 Å². The molecule has 1 atom stereocenters. The molecule has 4 nitrogen and oxygen atoms in total. The van der Waals surface area contributed by atoms with Crippen LogP contribution < -0.4 is 5.32 Å². The van der Waals surface area contributed by atoms with Crippen molar-refractivity contribution in [2.24, 2.45) is 5.92 Å². The molecule has 21 heavy (non-hydrogen) atoms. The van der Waals surface area contributed by atoms with E-state index in [1.807, 2.05) is 18.2 Å². The molecule has 0 fully saturated rings. The molecular weight excluding hydrogens is 288 g/mol. The first-order valence-corrected chi connectivity index (χ1v) is 7.12. The Hall–Kier alpha value is -2.07. The quantitative estimate of drug-likeness (QED) is 0.620. The minimum absolute atomic E-state index is 0.00800. The van der Waals surface area contributed by atoms with Gasteiger partial charge in [0.2, 0.25) is 0 Å². The number of nitrogens with one attached hydrogen (secondary N) is 1. The Labute approximate surface area is 128 Å². The van der Waals surface area contributed by atoms with Crippen LogP contribution in [-0.4, -0.2) is 4.92 Å². The third kappa shape index (κ3) is 3.73. The number of rotatable bonds is 5. The van der Waals surface area contributed by atoms with Crippen molar-refractivity contribution in [3.63, 3.8) is 0 Å². The lowest BCUT2D eigenvalue weighted by Gasteiger charge is -2.24. The number of non-ortho nitro benzene ring substituents is 1. The van der Waals surface area contributed by atoms with Gasteiger partial charge in [0.1, 0.15) is 0 Å². The number of anilines is 1. The molecule has 2 rings (SSSR count). The first-order chi connectivity index (χ1) is 9.99. The number of hydrogen-bond donors (Lipinski definition) is 1. The Morgan fingerprint density at radius 3 is 2.33 bits per heavy atom. The fraction of sp³-hybridized carbons (Fsp3) is 0.250. The Morgan fingerprint density at radius 1 is 1.14 bits per heavy atom. The van der Waals surface area contributed by atoms with E-state index in [0.29, 0.717) is 16.6 Å². The third-order valence-corrected chi connectivity index (χ3v) is 3.61. The standard InChI is InChI=1S/C16H17ClN2O2/c1-11(2)16(12-6-4-3-5-7-12)18-15-9-8-13(19(20)21)10-14(15)17/h3-11,16,18H,1-2H3. The highest BCUT2D eigenvalue weighted by atomic mass is 35.5. The Morgan fingerprint density at radius 2 is 1.81 bits per heavy atom. The fourth-order valence-electron chi connectivity index (χ4n) is 2.20. The van der Waals surface area contributed by atoms with Crippen molar-refractivity contribution in [2.45, 2.75) is 19.9 Å². The summed E-state index contributed by atoms with van der Waals surface area (Å²) in [4.78, 5) is 10.3. The number of nitro benzene ring substituents is 1. The second-order valence-corrected chi connectivity index (χ2v) is 5.61. The maximum Gasteiger partial charge on any atom is 0.271 e. The van der Waals surface area contributed by atoms with Crippen molar-refractivity contribution in [1.82, 2.24) is 0 Å². The van der Waals surface area contributed by atoms with Crippen LogP contribution in [0.2, 0.25) is 5.02 Å². The molecule has 2 aromatic rings. The van der Waals surface area contributed by atoms with Crippen molar-refractivity contribution in [3.8, 4) is 0 Å². The molecule has 0 saturated heterocycles. The minimum atomic E-state index is -0.452. The van der Waals surface area contributed by atoms with Gasteiger partial charge in [-0.15, -0.1) is 0 Å². The highest BCUT2D eigenvalue weighted by Crippen LogP contribution is 2.32. The van der Waals surface area contributed by atoms with Crippen LogP contribution in [0.5, 0.6) is 0 Å². The van der Waals surface area contributed by atoms with Crippen LogP contribution in [0.4, 0.5) is 11.4 Å². The lowest BCUT2D eigenvalue weighted by atomic mass is 9.96. The van der Waals surface area contributed by atoms with E-state index in [-0.39, 0.29) is 11.7 Å². The highest BCUT2D eigenvalue weighted by Gasteiger charge is 2.17. The molecule has 0 aliphatic rings. The van der Waals surface area contributed by atoms with E-state index in [2.05, 4.69) is 31.3 Å². The van der Waals surface area contributed by atoms with Crippen molar-refractivity contribution in [3.05, 3.63) is 69.2 Å². The second-order valence-electron chi connectivity index (χ2n) is 5.20. The molecule has 0 heterocycles. The summed E-state index contributed by atoms with van der Waals surface area (Å²) in [5.41, 5.74) is 1.85. The lowest BCUT2D eigenvalue weighted by Crippen LogP contribution is -2.17. The number of nitrogens with zero attached hydrogens (tertiary/aromatic N) is 1. The monoisotopic (exact) mass is 304 g/mol. The van der Waals surface area contributed by atoms with Gasteiger partial charge in [-0.05, 0) is 17.5 Å². The maximum atomic E-state index is 10.7. The predicted molar refractivity (Wildman–Crippen MR) is 85.8 cm³/mol. The molecule has 5 heteroatoms. The number of nitro groups is 1. The van der Waals surface area contributed by atoms with Gasteiger partial charge >= 0.3 is 0 Å². The minimum Gasteiger partial charge on any atom is -0.377 e. The van der Waals surface area contributed by atoms with E-state index in [1.54, 1.807) is 6.07 Å². The molecule has 0 bridgehead atoms. The van der Waals surface area contributed by atoms with Crippen molar-refractivity contribution in [2.75, 3.05) is 5.32 Å². The molecule has 1 unspecified atom stereocenters. The second kappa shape index (κ2) is 6.59. The summed E-state index contributed by atoms with van der Waals surface area (Å²) in [6.45, 7) is 4.23. The van der Waals surface area contributed by atoms with Gasteiger partial charge in [0.05, 0.1) is 21.7 Å². The summed E-state index contributed by atoms with van der Waals surface area (Å²) >= 11 is 6.14. The highest BCUT2D eigenvalue weighted by molar-refractivity contribution is 6.33. The molecule has 0 amide bonds. The summed E-state index contributed by atoms with van der Waals surface area (Å²) < 4.78 is 0. The van der Waals surface area contributed by atoms with Gasteiger partial charge in [-0.25, -0.2) is 0 Å². The molecule has 2 aromatic carbocycles. The van der Waals surface area contributed by atoms with E-state index < -0.39 is 4.92 Å². The molecule has 0 aliphatic heterocycles. The van der Waals surface area contributed by atoms with Gasteiger partial charge in [0.15, 0.2) is 0 Å². The van der Waals surface area contributed by atoms with Crippen LogP contribution in [-0.2, 0) is 0 Å². The van der Waals surface area contributed by atoms with E-state index in [1.165, 1.54) is 12.1 Å². The van der Waals surface area contributed by atoms with Gasteiger partial charge in [-0.1, -0.05) is 55.8 Å². The van der Waals surface area contributed by atoms with Crippen LogP contribution >= 0.6 is 11.6 Å². The van der Waals surface area contributed by atoms with Gasteiger partial charge in [0.25, 0.3) is 5.69 Å². The maximum absolute atomic E-state index is 10.7. The van der Waals surface area contributed by atoms with Crippen molar-refractivity contribution in [1.29, 1.82) is 0 Å². The average molecular weight is 305 g/mol. The van der Waals surface area contributed by atoms with Crippen LogP contribution in [0, 0.1) is 16.0 Å². The smallest absolute Gasteiger partial charge is 0.271 e. The largest absolute Gasteiger partial charge is 0.377 e. The van der Waals surface area contributed by atoms with E-state index in [9.17, 15) is 10.1 Å². The summed E-state index contributed by atoms with van der Waals surface area (Å²) in [6, 6.07) is 14.6. The average Bonchev–Trinajstić information content (AvgIpc) is 2.46. The molecule has 0 spiro atoms. The molecule has 1 N–H and O–H groups in total. The number of hydrogen-bond acceptors (Lipinski definition) is 3. The zero-order valence-electron chi connectivity index (χ0n) is 11.9. The van der Waals surface area contributed by atoms with Gasteiger partial charge in [0, 0.05) is 12.1 Å². The Kier molecular flexibility index (Phi) is 4.81. The van der Waals surface area contributed by atoms with Gasteiger partial charge in [-0.3, -0.25) is 10.1 Å². The predicted octanol–water partition coefficient (Wildman–Crippen LogP) is 5.06. The van der Waals surface area contributed by atoms with E-state index >= 15 is 0 Å². The summed E-state index contributed by atoms with van der Waals surface area (Å²) in [5, 5.41) is 14.5. The Balaban J connectivity index is 2.28. The summed E-state index contributed by atoms with van der Waals surface area (Å²) in [7, 11) is 0. The molecule has 0 radical (unpaired) electrons. The molecule has 110 valence electrons. The third-order valence-electron chi connectivity index (χ3n) is 3.30. The fourth-order valence-corrected chi connectivity index (χ4v) is 2.43. The normalized spacial score (nSPS) is 12.2. The van der Waals surface area contributed by atoms with Crippen molar-refractivity contribution < 1.29 is 4.92 Å². The molecule has 0 aliphatic carbocycles. The van der Waals surface area contributed by atoms with E-state index in [0.717, 1.165) is 5.56 Å². The van der Waals surface area contributed by atoms with Crippen molar-refractivity contribution >= 4 is 23.0 Å². The first kappa shape index (κ1) is 15.3. The van der Waals surface area contributed by atoms with Gasteiger partial charge < -0.3 is 5.32 Å². The topological polar surface area (TPSA) is 55.2 Å². The summed E-state index contributed by atoms with van der Waals surface area (Å²) in [5.74, 6) is 0.346. The first-order valence-electron chi connectivity index (χ1n) is 6.74. The zero-order valence-corrected chi connectivity index (χ0v) is 12.7. The van der Waals surface area contributed by atoms with Crippen LogP contribution in [0.15, 0.2) is 48.5 Å². The summed E-state index contributed by atoms with van der Waals surface area (Å²) in [6.07, 6.45) is 0. The van der Waals surface area contributed by atoms with Crippen LogP contribution in [0.1, 0.15) is 25.5 Å². The zero-order chi connectivity index (χ0) is 15.4. The number of benzene rings is 2. The lowest BCUT2D eigenvalue weighted by molar-refractivity contribution is -0.384. The van der Waals surface area contributed by atoms with Gasteiger partial charge in [-0.2, -0.15) is 0 Å². The van der Waals surface area contributed by atoms with Crippen LogP contribution in [0.25, 0.3) is 0 Å². The Bertz CT molecular complexity index is 629. The molecule has 0 aromatic heterocycles.